The highest BCUT2D eigenvalue weighted by Gasteiger charge is 2.22. The van der Waals surface area contributed by atoms with Crippen molar-refractivity contribution in [3.63, 3.8) is 0 Å². The standard InChI is InChI=1S/C18H21N3O3S/c22-14-8-6-13(7-9-14)19-17(24)15-11-25-18(20-15)21-16(23)10-12-4-2-1-3-5-12/h1-5,11,13-14,22H,6-10H2,(H,19,24)(H,20,21,23). The monoisotopic (exact) mass is 359 g/mol. The molecule has 2 aromatic rings. The first-order valence-corrected chi connectivity index (χ1v) is 9.26. The van der Waals surface area contributed by atoms with Crippen molar-refractivity contribution < 1.29 is 14.7 Å². The van der Waals surface area contributed by atoms with Gasteiger partial charge >= 0.3 is 0 Å². The number of anilines is 1. The van der Waals surface area contributed by atoms with Gasteiger partial charge in [0.15, 0.2) is 5.13 Å². The molecule has 0 saturated heterocycles. The summed E-state index contributed by atoms with van der Waals surface area (Å²) in [5.74, 6) is -0.394. The number of hydrogen-bond donors (Lipinski definition) is 3. The molecule has 3 N–H and O–H groups in total. The van der Waals surface area contributed by atoms with Gasteiger partial charge in [-0.1, -0.05) is 30.3 Å². The Morgan fingerprint density at radius 1 is 1.16 bits per heavy atom. The molecule has 0 unspecified atom stereocenters. The highest BCUT2D eigenvalue weighted by atomic mass is 32.1. The highest BCUT2D eigenvalue weighted by Crippen LogP contribution is 2.20. The zero-order valence-electron chi connectivity index (χ0n) is 13.8. The predicted octanol–water partition coefficient (Wildman–Crippen LogP) is 2.36. The van der Waals surface area contributed by atoms with Crippen molar-refractivity contribution in [2.75, 3.05) is 5.32 Å². The lowest BCUT2D eigenvalue weighted by atomic mass is 9.93. The number of aliphatic hydroxyl groups excluding tert-OH is 1. The molecule has 7 heteroatoms. The molecule has 1 aromatic heterocycles. The quantitative estimate of drug-likeness (QED) is 0.764. The lowest BCUT2D eigenvalue weighted by Gasteiger charge is -2.25. The van der Waals surface area contributed by atoms with E-state index in [4.69, 9.17) is 0 Å². The molecule has 0 radical (unpaired) electrons. The first-order chi connectivity index (χ1) is 12.1. The maximum Gasteiger partial charge on any atom is 0.271 e. The van der Waals surface area contributed by atoms with Crippen LogP contribution in [0, 0.1) is 0 Å². The molecule has 1 saturated carbocycles. The van der Waals surface area contributed by atoms with Crippen molar-refractivity contribution in [2.24, 2.45) is 0 Å². The number of amides is 2. The summed E-state index contributed by atoms with van der Waals surface area (Å²) in [5, 5.41) is 17.2. The van der Waals surface area contributed by atoms with Crippen molar-refractivity contribution in [1.29, 1.82) is 0 Å². The van der Waals surface area contributed by atoms with Crippen LogP contribution in [0.1, 0.15) is 41.7 Å². The Morgan fingerprint density at radius 3 is 2.60 bits per heavy atom. The van der Waals surface area contributed by atoms with Gasteiger partial charge in [0.1, 0.15) is 5.69 Å². The number of carbonyl (C=O) groups is 2. The van der Waals surface area contributed by atoms with E-state index in [0.717, 1.165) is 18.4 Å². The first-order valence-electron chi connectivity index (χ1n) is 8.38. The lowest BCUT2D eigenvalue weighted by Crippen LogP contribution is -2.38. The Morgan fingerprint density at radius 2 is 1.88 bits per heavy atom. The van der Waals surface area contributed by atoms with Crippen molar-refractivity contribution in [3.8, 4) is 0 Å². The normalized spacial score (nSPS) is 20.0. The van der Waals surface area contributed by atoms with Crippen LogP contribution in [0.3, 0.4) is 0 Å². The number of benzene rings is 1. The smallest absolute Gasteiger partial charge is 0.271 e. The maximum atomic E-state index is 12.2. The number of nitrogens with zero attached hydrogens (tertiary/aromatic N) is 1. The molecule has 0 bridgehead atoms. The van der Waals surface area contributed by atoms with Gasteiger partial charge in [0.05, 0.1) is 12.5 Å². The van der Waals surface area contributed by atoms with Gasteiger partial charge in [-0.2, -0.15) is 0 Å². The number of aromatic nitrogens is 1. The fraction of sp³-hybridized carbons (Fsp3) is 0.389. The Balaban J connectivity index is 1.51. The lowest BCUT2D eigenvalue weighted by molar-refractivity contribution is -0.115. The van der Waals surface area contributed by atoms with Gasteiger partial charge in [0.25, 0.3) is 5.91 Å². The average molecular weight is 359 g/mol. The average Bonchev–Trinajstić information content (AvgIpc) is 3.06. The molecular formula is C18H21N3O3S. The van der Waals surface area contributed by atoms with Crippen molar-refractivity contribution in [2.45, 2.75) is 44.2 Å². The number of nitrogens with one attached hydrogen (secondary N) is 2. The molecule has 6 nitrogen and oxygen atoms in total. The topological polar surface area (TPSA) is 91.3 Å². The van der Waals surface area contributed by atoms with Crippen LogP contribution in [-0.2, 0) is 11.2 Å². The van der Waals surface area contributed by atoms with Crippen molar-refractivity contribution >= 4 is 28.3 Å². The zero-order chi connectivity index (χ0) is 17.6. The molecule has 1 aliphatic rings. The number of carbonyl (C=O) groups excluding carboxylic acids is 2. The summed E-state index contributed by atoms with van der Waals surface area (Å²) >= 11 is 1.24. The van der Waals surface area contributed by atoms with E-state index in [9.17, 15) is 14.7 Å². The SMILES string of the molecule is O=C(Cc1ccccc1)Nc1nc(C(=O)NC2CCC(O)CC2)cs1. The van der Waals surface area contributed by atoms with E-state index in [0.29, 0.717) is 23.7 Å². The van der Waals surface area contributed by atoms with Crippen molar-refractivity contribution in [1.82, 2.24) is 10.3 Å². The third-order valence-corrected chi connectivity index (χ3v) is 4.98. The Hall–Kier alpha value is -2.25. The van der Waals surface area contributed by atoms with E-state index < -0.39 is 0 Å². The molecule has 1 heterocycles. The summed E-state index contributed by atoms with van der Waals surface area (Å²) in [6.45, 7) is 0. The summed E-state index contributed by atoms with van der Waals surface area (Å²) in [6, 6.07) is 9.54. The van der Waals surface area contributed by atoms with Gasteiger partial charge in [-0.25, -0.2) is 4.98 Å². The predicted molar refractivity (Wildman–Crippen MR) is 96.6 cm³/mol. The first kappa shape index (κ1) is 17.6. The van der Waals surface area contributed by atoms with Gasteiger partial charge in [-0.3, -0.25) is 9.59 Å². The largest absolute Gasteiger partial charge is 0.393 e. The van der Waals surface area contributed by atoms with Gasteiger partial charge < -0.3 is 15.7 Å². The minimum absolute atomic E-state index is 0.0775. The molecule has 1 aromatic carbocycles. The summed E-state index contributed by atoms with van der Waals surface area (Å²) in [7, 11) is 0. The number of thiazole rings is 1. The highest BCUT2D eigenvalue weighted by molar-refractivity contribution is 7.14. The fourth-order valence-electron chi connectivity index (χ4n) is 2.86. The summed E-state index contributed by atoms with van der Waals surface area (Å²) in [5.41, 5.74) is 1.24. The second-order valence-electron chi connectivity index (χ2n) is 6.23. The second kappa shape index (κ2) is 8.22. The number of rotatable bonds is 5. The van der Waals surface area contributed by atoms with E-state index in [-0.39, 0.29) is 30.4 Å². The molecule has 3 rings (SSSR count). The molecule has 132 valence electrons. The molecule has 2 amide bonds. The maximum absolute atomic E-state index is 12.2. The Labute approximate surface area is 150 Å². The van der Waals surface area contributed by atoms with Crippen LogP contribution in [0.5, 0.6) is 0 Å². The summed E-state index contributed by atoms with van der Waals surface area (Å²) < 4.78 is 0. The number of aliphatic hydroxyl groups is 1. The van der Waals surface area contributed by atoms with Crippen LogP contribution >= 0.6 is 11.3 Å². The van der Waals surface area contributed by atoms with E-state index >= 15 is 0 Å². The van der Waals surface area contributed by atoms with Gasteiger partial charge in [0, 0.05) is 11.4 Å². The Kier molecular flexibility index (Phi) is 5.78. The van der Waals surface area contributed by atoms with Crippen LogP contribution in [0.2, 0.25) is 0 Å². The van der Waals surface area contributed by atoms with Crippen LogP contribution in [0.4, 0.5) is 5.13 Å². The minimum Gasteiger partial charge on any atom is -0.393 e. The third-order valence-electron chi connectivity index (χ3n) is 4.22. The van der Waals surface area contributed by atoms with Crippen LogP contribution in [0.25, 0.3) is 0 Å². The summed E-state index contributed by atoms with van der Waals surface area (Å²) in [6.07, 6.45) is 2.99. The van der Waals surface area contributed by atoms with Crippen LogP contribution in [-0.4, -0.2) is 34.1 Å². The van der Waals surface area contributed by atoms with Gasteiger partial charge in [-0.15, -0.1) is 11.3 Å². The van der Waals surface area contributed by atoms with Crippen LogP contribution in [0.15, 0.2) is 35.7 Å². The van der Waals surface area contributed by atoms with E-state index in [1.807, 2.05) is 30.3 Å². The minimum atomic E-state index is -0.251. The fourth-order valence-corrected chi connectivity index (χ4v) is 3.57. The molecule has 1 fully saturated rings. The zero-order valence-corrected chi connectivity index (χ0v) is 14.6. The van der Waals surface area contributed by atoms with Crippen molar-refractivity contribution in [3.05, 3.63) is 47.0 Å². The molecule has 0 aliphatic heterocycles. The molecular weight excluding hydrogens is 338 g/mol. The summed E-state index contributed by atoms with van der Waals surface area (Å²) in [4.78, 5) is 28.5. The van der Waals surface area contributed by atoms with Gasteiger partial charge in [0.2, 0.25) is 5.91 Å². The van der Waals surface area contributed by atoms with Gasteiger partial charge in [-0.05, 0) is 31.2 Å². The van der Waals surface area contributed by atoms with E-state index in [2.05, 4.69) is 15.6 Å². The molecule has 25 heavy (non-hydrogen) atoms. The molecule has 0 atom stereocenters. The molecule has 1 aliphatic carbocycles. The molecule has 0 spiro atoms. The Bertz CT molecular complexity index is 724. The van der Waals surface area contributed by atoms with Crippen LogP contribution < -0.4 is 10.6 Å². The third kappa shape index (κ3) is 5.11. The second-order valence-corrected chi connectivity index (χ2v) is 7.09. The number of hydrogen-bond acceptors (Lipinski definition) is 5. The van der Waals surface area contributed by atoms with E-state index in [1.165, 1.54) is 11.3 Å². The van der Waals surface area contributed by atoms with E-state index in [1.54, 1.807) is 5.38 Å².